The van der Waals surface area contributed by atoms with Crippen LogP contribution in [0.4, 0.5) is 26.3 Å². The highest BCUT2D eigenvalue weighted by Gasteiger charge is 2.43. The van der Waals surface area contributed by atoms with E-state index in [9.17, 15) is 26.3 Å². The van der Waals surface area contributed by atoms with E-state index in [4.69, 9.17) is 24.3 Å². The van der Waals surface area contributed by atoms with Gasteiger partial charge in [-0.3, -0.25) is 14.8 Å². The Balaban J connectivity index is 0.000000317. The number of carboxylic acid groups (broad SMARTS) is 2. The summed E-state index contributed by atoms with van der Waals surface area (Å²) in [4.78, 5) is 27.5. The topological polar surface area (TPSA) is 120 Å². The predicted molar refractivity (Wildman–Crippen MR) is 124 cm³/mol. The molecule has 2 fully saturated rings. The summed E-state index contributed by atoms with van der Waals surface area (Å²) in [6.07, 6.45) is -3.13. The molecule has 0 unspecified atom stereocenters. The molecule has 1 spiro atoms. The van der Waals surface area contributed by atoms with Crippen LogP contribution in [-0.2, 0) is 22.7 Å². The second kappa shape index (κ2) is 13.2. The van der Waals surface area contributed by atoms with Crippen molar-refractivity contribution in [3.8, 4) is 0 Å². The number of alkyl halides is 6. The Morgan fingerprint density at radius 3 is 1.95 bits per heavy atom. The molecule has 39 heavy (non-hydrogen) atoms. The molecule has 4 heterocycles. The van der Waals surface area contributed by atoms with E-state index in [0.717, 1.165) is 37.6 Å². The number of aromatic nitrogens is 2. The molecule has 2 aromatic heterocycles. The van der Waals surface area contributed by atoms with Crippen molar-refractivity contribution < 1.29 is 50.7 Å². The van der Waals surface area contributed by atoms with Gasteiger partial charge < -0.3 is 14.7 Å². The van der Waals surface area contributed by atoms with Crippen LogP contribution in [0.5, 0.6) is 0 Å². The lowest BCUT2D eigenvalue weighted by Crippen LogP contribution is -2.51. The number of piperidine rings is 1. The Morgan fingerprint density at radius 1 is 0.949 bits per heavy atom. The number of nitrogens with zero attached hydrogens (tertiary/aromatic N) is 4. The molecular formula is C24H30F6N4O5. The lowest BCUT2D eigenvalue weighted by Gasteiger charge is -2.45. The van der Waals surface area contributed by atoms with Gasteiger partial charge in [-0.15, -0.1) is 0 Å². The second-order valence-corrected chi connectivity index (χ2v) is 9.26. The van der Waals surface area contributed by atoms with Gasteiger partial charge >= 0.3 is 24.3 Å². The quantitative estimate of drug-likeness (QED) is 0.511. The molecule has 9 nitrogen and oxygen atoms in total. The standard InChI is InChI=1S/C20H28N4O.2C2HF3O2/c1-16-19(17(2)25-22-16)15-24-11-5-7-20(24)8-12-23(13-9-20)14-18-6-3-4-10-21-18;2*3-2(4,5)1(6)7/h3-4,6,10H,5,7-9,11-15H2,1-2H3;2*(H,6,7). The molecule has 0 amide bonds. The van der Waals surface area contributed by atoms with E-state index in [2.05, 4.69) is 39.0 Å². The molecule has 2 N–H and O–H groups in total. The molecule has 218 valence electrons. The Morgan fingerprint density at radius 2 is 1.51 bits per heavy atom. The number of carbonyl (C=O) groups is 2. The second-order valence-electron chi connectivity index (χ2n) is 9.26. The predicted octanol–water partition coefficient (Wildman–Crippen LogP) is 4.58. The van der Waals surface area contributed by atoms with Gasteiger partial charge in [-0.05, 0) is 58.2 Å². The lowest BCUT2D eigenvalue weighted by molar-refractivity contribution is -0.193. The fourth-order valence-electron chi connectivity index (χ4n) is 4.57. The molecule has 2 aliphatic heterocycles. The Bertz CT molecular complexity index is 1040. The molecule has 2 aromatic rings. The molecule has 0 aliphatic carbocycles. The highest BCUT2D eigenvalue weighted by atomic mass is 19.4. The fraction of sp³-hybridized carbons (Fsp3) is 0.583. The van der Waals surface area contributed by atoms with Crippen LogP contribution in [0.3, 0.4) is 0 Å². The van der Waals surface area contributed by atoms with Crippen LogP contribution >= 0.6 is 0 Å². The first-order valence-electron chi connectivity index (χ1n) is 11.9. The minimum Gasteiger partial charge on any atom is -0.475 e. The van der Waals surface area contributed by atoms with E-state index in [1.807, 2.05) is 19.2 Å². The van der Waals surface area contributed by atoms with Crippen molar-refractivity contribution in [3.05, 3.63) is 47.1 Å². The van der Waals surface area contributed by atoms with E-state index < -0.39 is 24.3 Å². The molecule has 0 aromatic carbocycles. The summed E-state index contributed by atoms with van der Waals surface area (Å²) in [5, 5.41) is 18.4. The van der Waals surface area contributed by atoms with E-state index in [1.54, 1.807) is 0 Å². The molecule has 4 rings (SSSR count). The average molecular weight is 569 g/mol. The number of hydrogen-bond donors (Lipinski definition) is 2. The van der Waals surface area contributed by atoms with Crippen LogP contribution in [0.25, 0.3) is 0 Å². The van der Waals surface area contributed by atoms with Crippen LogP contribution in [0.2, 0.25) is 0 Å². The van der Waals surface area contributed by atoms with Crippen molar-refractivity contribution in [1.29, 1.82) is 0 Å². The first-order valence-corrected chi connectivity index (χ1v) is 11.9. The molecule has 2 saturated heterocycles. The molecule has 0 saturated carbocycles. The third-order valence-electron chi connectivity index (χ3n) is 6.65. The van der Waals surface area contributed by atoms with E-state index in [1.165, 1.54) is 43.5 Å². The summed E-state index contributed by atoms with van der Waals surface area (Å²) in [7, 11) is 0. The van der Waals surface area contributed by atoms with E-state index >= 15 is 0 Å². The minimum absolute atomic E-state index is 0.372. The average Bonchev–Trinajstić information content (AvgIpc) is 3.38. The Labute approximate surface area is 220 Å². The maximum Gasteiger partial charge on any atom is 0.490 e. The highest BCUT2D eigenvalue weighted by molar-refractivity contribution is 5.73. The zero-order valence-corrected chi connectivity index (χ0v) is 21.3. The highest BCUT2D eigenvalue weighted by Crippen LogP contribution is 2.40. The Kier molecular flexibility index (Phi) is 10.9. The first kappa shape index (κ1) is 32.0. The number of aliphatic carboxylic acids is 2. The molecule has 0 radical (unpaired) electrons. The van der Waals surface area contributed by atoms with Crippen molar-refractivity contribution in [3.63, 3.8) is 0 Å². The van der Waals surface area contributed by atoms with Crippen LogP contribution in [0.15, 0.2) is 28.9 Å². The number of rotatable bonds is 4. The van der Waals surface area contributed by atoms with Gasteiger partial charge in [0.05, 0.1) is 11.4 Å². The van der Waals surface area contributed by atoms with Crippen LogP contribution in [0, 0.1) is 13.8 Å². The van der Waals surface area contributed by atoms with Crippen molar-refractivity contribution in [1.82, 2.24) is 19.9 Å². The summed E-state index contributed by atoms with van der Waals surface area (Å²) < 4.78 is 68.8. The number of hydrogen-bond acceptors (Lipinski definition) is 7. The van der Waals surface area contributed by atoms with Gasteiger partial charge in [0.2, 0.25) is 0 Å². The minimum atomic E-state index is -5.08. The van der Waals surface area contributed by atoms with E-state index in [-0.39, 0.29) is 0 Å². The smallest absolute Gasteiger partial charge is 0.475 e. The van der Waals surface area contributed by atoms with Crippen LogP contribution in [-0.4, -0.2) is 79.6 Å². The van der Waals surface area contributed by atoms with Gasteiger partial charge in [0.15, 0.2) is 0 Å². The van der Waals surface area contributed by atoms with Crippen LogP contribution in [0.1, 0.15) is 48.4 Å². The molecule has 0 atom stereocenters. The van der Waals surface area contributed by atoms with Crippen molar-refractivity contribution in [2.75, 3.05) is 19.6 Å². The molecule has 2 aliphatic rings. The third-order valence-corrected chi connectivity index (χ3v) is 6.65. The monoisotopic (exact) mass is 568 g/mol. The zero-order chi connectivity index (χ0) is 29.4. The maximum absolute atomic E-state index is 10.6. The lowest BCUT2D eigenvalue weighted by atomic mass is 9.84. The number of carboxylic acids is 2. The summed E-state index contributed by atoms with van der Waals surface area (Å²) in [6, 6.07) is 6.19. The molecular weight excluding hydrogens is 538 g/mol. The maximum atomic E-state index is 10.6. The largest absolute Gasteiger partial charge is 0.490 e. The third kappa shape index (κ3) is 9.49. The number of aryl methyl sites for hydroxylation is 2. The summed E-state index contributed by atoms with van der Waals surface area (Å²) >= 11 is 0. The number of pyridine rings is 1. The summed E-state index contributed by atoms with van der Waals surface area (Å²) in [5.74, 6) is -4.54. The first-order chi connectivity index (χ1) is 18.0. The fourth-order valence-corrected chi connectivity index (χ4v) is 4.57. The summed E-state index contributed by atoms with van der Waals surface area (Å²) in [5.41, 5.74) is 3.89. The SMILES string of the molecule is Cc1noc(C)c1CN1CCCC12CCN(Cc1ccccn1)CC2.O=C(O)C(F)(F)F.O=C(O)C(F)(F)F. The van der Waals surface area contributed by atoms with Gasteiger partial charge in [-0.1, -0.05) is 11.2 Å². The van der Waals surface area contributed by atoms with Crippen LogP contribution < -0.4 is 0 Å². The van der Waals surface area contributed by atoms with Gasteiger partial charge in [-0.25, -0.2) is 9.59 Å². The number of likely N-dealkylation sites (tertiary alicyclic amines) is 2. The molecule has 0 bridgehead atoms. The van der Waals surface area contributed by atoms with Crippen molar-refractivity contribution in [2.45, 2.75) is 70.5 Å². The number of halogens is 6. The van der Waals surface area contributed by atoms with Gasteiger partial charge in [0, 0.05) is 43.5 Å². The van der Waals surface area contributed by atoms with Crippen molar-refractivity contribution in [2.24, 2.45) is 0 Å². The van der Waals surface area contributed by atoms with Gasteiger partial charge in [0.1, 0.15) is 5.76 Å². The summed E-state index contributed by atoms with van der Waals surface area (Å²) in [6.45, 7) is 9.58. The van der Waals surface area contributed by atoms with Gasteiger partial charge in [0.25, 0.3) is 0 Å². The normalized spacial score (nSPS) is 17.6. The zero-order valence-electron chi connectivity index (χ0n) is 21.3. The molecule has 15 heteroatoms. The van der Waals surface area contributed by atoms with E-state index in [0.29, 0.717) is 5.54 Å². The van der Waals surface area contributed by atoms with Crippen molar-refractivity contribution >= 4 is 11.9 Å². The van der Waals surface area contributed by atoms with Gasteiger partial charge in [-0.2, -0.15) is 26.3 Å². The Hall–Kier alpha value is -3.20.